The van der Waals surface area contributed by atoms with Crippen molar-refractivity contribution >= 4 is 35.1 Å². The standard InChI is InChI=1S/C16H18ClNO4/c1-9(19)7-12-11-6-5-10(17)8-13(11)18(14(12)20)15(21)22-16(2,3)4/h5-6,8,12H,7H2,1-4H3. The monoisotopic (exact) mass is 323 g/mol. The zero-order chi connectivity index (χ0) is 16.7. The fourth-order valence-corrected chi connectivity index (χ4v) is 2.56. The first kappa shape index (κ1) is 16.5. The summed E-state index contributed by atoms with van der Waals surface area (Å²) in [6, 6.07) is 4.85. The summed E-state index contributed by atoms with van der Waals surface area (Å²) in [4.78, 5) is 37.3. The van der Waals surface area contributed by atoms with Gasteiger partial charge in [-0.3, -0.25) is 9.59 Å². The van der Waals surface area contributed by atoms with Gasteiger partial charge in [-0.2, -0.15) is 0 Å². The molecule has 0 spiro atoms. The summed E-state index contributed by atoms with van der Waals surface area (Å²) in [6.45, 7) is 6.57. The topological polar surface area (TPSA) is 63.7 Å². The molecule has 0 fully saturated rings. The number of fused-ring (bicyclic) bond motifs is 1. The lowest BCUT2D eigenvalue weighted by atomic mass is 9.96. The van der Waals surface area contributed by atoms with E-state index in [4.69, 9.17) is 16.3 Å². The van der Waals surface area contributed by atoms with Crippen LogP contribution in [0.15, 0.2) is 18.2 Å². The largest absolute Gasteiger partial charge is 0.443 e. The van der Waals surface area contributed by atoms with Crippen LogP contribution in [0.2, 0.25) is 5.02 Å². The maximum absolute atomic E-state index is 12.6. The average Bonchev–Trinajstić information content (AvgIpc) is 2.59. The van der Waals surface area contributed by atoms with Gasteiger partial charge in [-0.15, -0.1) is 0 Å². The normalized spacial score (nSPS) is 17.4. The maximum Gasteiger partial charge on any atom is 0.421 e. The van der Waals surface area contributed by atoms with E-state index >= 15 is 0 Å². The summed E-state index contributed by atoms with van der Waals surface area (Å²) in [5, 5.41) is 0.406. The van der Waals surface area contributed by atoms with Crippen LogP contribution in [0.3, 0.4) is 0 Å². The Morgan fingerprint density at radius 1 is 1.32 bits per heavy atom. The van der Waals surface area contributed by atoms with E-state index in [9.17, 15) is 14.4 Å². The highest BCUT2D eigenvalue weighted by molar-refractivity contribution is 6.31. The van der Waals surface area contributed by atoms with Gasteiger partial charge in [-0.25, -0.2) is 9.69 Å². The summed E-state index contributed by atoms with van der Waals surface area (Å²) >= 11 is 5.97. The predicted molar refractivity (Wildman–Crippen MR) is 83.2 cm³/mol. The van der Waals surface area contributed by atoms with Gasteiger partial charge >= 0.3 is 6.09 Å². The van der Waals surface area contributed by atoms with Gasteiger partial charge in [-0.1, -0.05) is 17.7 Å². The molecule has 0 bridgehead atoms. The summed E-state index contributed by atoms with van der Waals surface area (Å²) in [7, 11) is 0. The van der Waals surface area contributed by atoms with Gasteiger partial charge in [-0.05, 0) is 45.4 Å². The number of rotatable bonds is 2. The molecule has 2 rings (SSSR count). The Morgan fingerprint density at radius 2 is 1.95 bits per heavy atom. The smallest absolute Gasteiger partial charge is 0.421 e. The first-order chi connectivity index (χ1) is 10.1. The van der Waals surface area contributed by atoms with E-state index < -0.39 is 23.5 Å². The van der Waals surface area contributed by atoms with Crippen molar-refractivity contribution in [2.24, 2.45) is 0 Å². The van der Waals surface area contributed by atoms with E-state index in [2.05, 4.69) is 0 Å². The van der Waals surface area contributed by atoms with Crippen LogP contribution in [0.4, 0.5) is 10.5 Å². The van der Waals surface area contributed by atoms with Crippen molar-refractivity contribution in [3.05, 3.63) is 28.8 Å². The molecule has 0 saturated carbocycles. The average molecular weight is 324 g/mol. The molecule has 0 N–H and O–H groups in total. The Bertz CT molecular complexity index is 648. The number of ether oxygens (including phenoxy) is 1. The predicted octanol–water partition coefficient (Wildman–Crippen LogP) is 3.68. The number of carbonyl (C=O) groups is 3. The molecule has 1 aliphatic heterocycles. The minimum absolute atomic E-state index is 0.0484. The van der Waals surface area contributed by atoms with Crippen LogP contribution < -0.4 is 4.90 Å². The Kier molecular flexibility index (Phi) is 4.29. The van der Waals surface area contributed by atoms with Crippen LogP contribution in [0, 0.1) is 0 Å². The third kappa shape index (κ3) is 3.30. The molecular formula is C16H18ClNO4. The number of ketones is 1. The maximum atomic E-state index is 12.6. The minimum atomic E-state index is -0.757. The van der Waals surface area contributed by atoms with Gasteiger partial charge < -0.3 is 4.74 Å². The number of anilines is 1. The van der Waals surface area contributed by atoms with Crippen molar-refractivity contribution in [3.8, 4) is 0 Å². The zero-order valence-corrected chi connectivity index (χ0v) is 13.7. The number of imide groups is 1. The van der Waals surface area contributed by atoms with Crippen LogP contribution in [-0.4, -0.2) is 23.4 Å². The molecule has 0 radical (unpaired) electrons. The molecule has 118 valence electrons. The Hall–Kier alpha value is -1.88. The van der Waals surface area contributed by atoms with Crippen LogP contribution >= 0.6 is 11.6 Å². The molecule has 1 atom stereocenters. The first-order valence-corrected chi connectivity index (χ1v) is 7.34. The van der Waals surface area contributed by atoms with Crippen molar-refractivity contribution in [1.29, 1.82) is 0 Å². The molecule has 0 aliphatic carbocycles. The van der Waals surface area contributed by atoms with E-state index in [1.165, 1.54) is 6.92 Å². The molecule has 1 heterocycles. The molecule has 5 nitrogen and oxygen atoms in total. The number of carbonyl (C=O) groups excluding carboxylic acids is 3. The van der Waals surface area contributed by atoms with E-state index in [1.807, 2.05) is 0 Å². The van der Waals surface area contributed by atoms with E-state index in [0.717, 1.165) is 4.90 Å². The molecule has 1 aromatic carbocycles. The molecule has 6 heteroatoms. The zero-order valence-electron chi connectivity index (χ0n) is 13.0. The summed E-state index contributed by atoms with van der Waals surface area (Å²) in [5.74, 6) is -1.25. The molecular weight excluding hydrogens is 306 g/mol. The van der Waals surface area contributed by atoms with Gasteiger partial charge in [0.25, 0.3) is 0 Å². The number of hydrogen-bond acceptors (Lipinski definition) is 4. The molecule has 0 saturated heterocycles. The quantitative estimate of drug-likeness (QED) is 0.832. The van der Waals surface area contributed by atoms with Crippen LogP contribution in [-0.2, 0) is 14.3 Å². The number of hydrogen-bond donors (Lipinski definition) is 0. The van der Waals surface area contributed by atoms with Crippen LogP contribution in [0.5, 0.6) is 0 Å². The van der Waals surface area contributed by atoms with E-state index in [-0.39, 0.29) is 12.2 Å². The number of Topliss-reactive ketones (excluding diaryl/α,β-unsaturated/α-hetero) is 1. The van der Waals surface area contributed by atoms with Gasteiger partial charge in [0.2, 0.25) is 5.91 Å². The van der Waals surface area contributed by atoms with Crippen LogP contribution in [0.25, 0.3) is 0 Å². The van der Waals surface area contributed by atoms with Crippen molar-refractivity contribution in [2.45, 2.75) is 45.6 Å². The summed E-state index contributed by atoms with van der Waals surface area (Å²) in [5.41, 5.74) is 0.280. The fraction of sp³-hybridized carbons (Fsp3) is 0.438. The molecule has 0 aromatic heterocycles. The third-order valence-corrected chi connectivity index (χ3v) is 3.43. The lowest BCUT2D eigenvalue weighted by Gasteiger charge is -2.24. The number of halogens is 1. The van der Waals surface area contributed by atoms with Gasteiger partial charge in [0.15, 0.2) is 0 Å². The second kappa shape index (κ2) is 5.72. The second-order valence-electron chi connectivity index (χ2n) is 6.32. The molecule has 1 aromatic rings. The highest BCUT2D eigenvalue weighted by Gasteiger charge is 2.43. The summed E-state index contributed by atoms with van der Waals surface area (Å²) in [6.07, 6.45) is -0.709. The lowest BCUT2D eigenvalue weighted by Crippen LogP contribution is -2.39. The van der Waals surface area contributed by atoms with Gasteiger partial charge in [0.1, 0.15) is 11.4 Å². The van der Waals surface area contributed by atoms with Gasteiger partial charge in [0, 0.05) is 11.4 Å². The lowest BCUT2D eigenvalue weighted by molar-refractivity contribution is -0.123. The molecule has 2 amide bonds. The van der Waals surface area contributed by atoms with Crippen LogP contribution in [0.1, 0.15) is 45.6 Å². The first-order valence-electron chi connectivity index (χ1n) is 6.96. The number of amides is 2. The molecule has 1 unspecified atom stereocenters. The minimum Gasteiger partial charge on any atom is -0.443 e. The highest BCUT2D eigenvalue weighted by Crippen LogP contribution is 2.41. The Balaban J connectivity index is 2.44. The molecule has 22 heavy (non-hydrogen) atoms. The SMILES string of the molecule is CC(=O)CC1C(=O)N(C(=O)OC(C)(C)C)c2cc(Cl)ccc21. The highest BCUT2D eigenvalue weighted by atomic mass is 35.5. The number of benzene rings is 1. The van der Waals surface area contributed by atoms with E-state index in [1.54, 1.807) is 39.0 Å². The fourth-order valence-electron chi connectivity index (χ4n) is 2.39. The Morgan fingerprint density at radius 3 is 2.50 bits per heavy atom. The van der Waals surface area contributed by atoms with Crippen molar-refractivity contribution in [2.75, 3.05) is 4.90 Å². The van der Waals surface area contributed by atoms with Crippen molar-refractivity contribution < 1.29 is 19.1 Å². The molecule has 1 aliphatic rings. The third-order valence-electron chi connectivity index (χ3n) is 3.19. The number of nitrogens with zero attached hydrogens (tertiary/aromatic N) is 1. The van der Waals surface area contributed by atoms with Gasteiger partial charge in [0.05, 0.1) is 11.6 Å². The Labute approximate surface area is 134 Å². The van der Waals surface area contributed by atoms with Crippen molar-refractivity contribution in [1.82, 2.24) is 0 Å². The second-order valence-corrected chi connectivity index (χ2v) is 6.75. The van der Waals surface area contributed by atoms with E-state index in [0.29, 0.717) is 16.3 Å². The van der Waals surface area contributed by atoms with Crippen molar-refractivity contribution in [3.63, 3.8) is 0 Å². The summed E-state index contributed by atoms with van der Waals surface area (Å²) < 4.78 is 5.28.